The van der Waals surface area contributed by atoms with E-state index in [0.29, 0.717) is 5.89 Å². The van der Waals surface area contributed by atoms with E-state index >= 15 is 0 Å². The molecule has 0 aliphatic carbocycles. The van der Waals surface area contributed by atoms with Crippen LogP contribution >= 0.6 is 0 Å². The van der Waals surface area contributed by atoms with Crippen molar-refractivity contribution in [1.29, 1.82) is 0 Å². The van der Waals surface area contributed by atoms with Crippen LogP contribution in [0, 0.1) is 6.92 Å². The Morgan fingerprint density at radius 1 is 1.10 bits per heavy atom. The smallest absolute Gasteiger partial charge is 0.223 e. The van der Waals surface area contributed by atoms with Crippen LogP contribution in [0.15, 0.2) is 29.0 Å². The Morgan fingerprint density at radius 3 is 2.48 bits per heavy atom. The second kappa shape index (κ2) is 6.78. The van der Waals surface area contributed by atoms with E-state index in [1.807, 2.05) is 19.3 Å². The Morgan fingerprint density at radius 2 is 1.81 bits per heavy atom. The van der Waals surface area contributed by atoms with Crippen molar-refractivity contribution < 1.29 is 4.52 Å². The third-order valence-corrected chi connectivity index (χ3v) is 3.87. The Labute approximate surface area is 124 Å². The molecule has 3 rings (SSSR count). The minimum Gasteiger partial charge on any atom is -0.340 e. The van der Waals surface area contributed by atoms with Crippen LogP contribution in [0.1, 0.15) is 17.3 Å². The lowest BCUT2D eigenvalue weighted by Crippen LogP contribution is -2.46. The topological polar surface area (TPSA) is 58.3 Å². The summed E-state index contributed by atoms with van der Waals surface area (Å²) in [6.45, 7) is 8.04. The van der Waals surface area contributed by atoms with E-state index in [0.717, 1.165) is 51.5 Å². The summed E-state index contributed by atoms with van der Waals surface area (Å²) in [5.74, 6) is 1.43. The highest BCUT2D eigenvalue weighted by Crippen LogP contribution is 2.08. The van der Waals surface area contributed by atoms with Crippen molar-refractivity contribution in [2.75, 3.05) is 32.7 Å². The molecule has 0 atom stereocenters. The molecule has 0 saturated carbocycles. The summed E-state index contributed by atoms with van der Waals surface area (Å²) in [7, 11) is 0. The van der Waals surface area contributed by atoms with Crippen LogP contribution in [0.3, 0.4) is 0 Å². The summed E-state index contributed by atoms with van der Waals surface area (Å²) in [5, 5.41) is 3.96. The van der Waals surface area contributed by atoms with E-state index in [1.54, 1.807) is 0 Å². The molecule has 6 nitrogen and oxygen atoms in total. The molecule has 0 amide bonds. The Hall–Kier alpha value is -1.79. The van der Waals surface area contributed by atoms with Crippen molar-refractivity contribution in [3.05, 3.63) is 41.8 Å². The number of hydrogen-bond donors (Lipinski definition) is 0. The standard InChI is InChI=1S/C15H21N5O/c1-13-17-15(18-21-13)12-20-10-8-19(9-11-20)7-4-14-2-5-16-6-3-14/h2-3,5-6H,4,7-12H2,1H3. The highest BCUT2D eigenvalue weighted by Gasteiger charge is 2.18. The van der Waals surface area contributed by atoms with Gasteiger partial charge in [-0.2, -0.15) is 4.98 Å². The van der Waals surface area contributed by atoms with Gasteiger partial charge in [-0.25, -0.2) is 0 Å². The average Bonchev–Trinajstić information content (AvgIpc) is 2.93. The van der Waals surface area contributed by atoms with E-state index < -0.39 is 0 Å². The lowest BCUT2D eigenvalue weighted by atomic mass is 10.2. The van der Waals surface area contributed by atoms with Gasteiger partial charge in [0.05, 0.1) is 6.54 Å². The molecule has 0 spiro atoms. The number of aromatic nitrogens is 3. The van der Waals surface area contributed by atoms with Gasteiger partial charge in [0.15, 0.2) is 5.82 Å². The van der Waals surface area contributed by atoms with Gasteiger partial charge in [0, 0.05) is 52.0 Å². The van der Waals surface area contributed by atoms with Crippen LogP contribution in [0.2, 0.25) is 0 Å². The molecule has 112 valence electrons. The quantitative estimate of drug-likeness (QED) is 0.822. The molecule has 6 heteroatoms. The third kappa shape index (κ3) is 4.09. The molecule has 0 aromatic carbocycles. The van der Waals surface area contributed by atoms with Crippen molar-refractivity contribution in [3.63, 3.8) is 0 Å². The molecule has 0 bridgehead atoms. The third-order valence-electron chi connectivity index (χ3n) is 3.87. The van der Waals surface area contributed by atoms with Gasteiger partial charge < -0.3 is 9.42 Å². The molecule has 0 unspecified atom stereocenters. The first-order valence-electron chi connectivity index (χ1n) is 7.42. The fourth-order valence-corrected chi connectivity index (χ4v) is 2.61. The fourth-order valence-electron chi connectivity index (χ4n) is 2.61. The first-order valence-corrected chi connectivity index (χ1v) is 7.42. The van der Waals surface area contributed by atoms with Gasteiger partial charge in [-0.05, 0) is 24.1 Å². The molecule has 1 fully saturated rings. The SMILES string of the molecule is Cc1nc(CN2CCN(CCc3ccncc3)CC2)no1. The summed E-state index contributed by atoms with van der Waals surface area (Å²) in [5.41, 5.74) is 1.36. The van der Waals surface area contributed by atoms with Crippen molar-refractivity contribution >= 4 is 0 Å². The monoisotopic (exact) mass is 287 g/mol. The van der Waals surface area contributed by atoms with Gasteiger partial charge in [-0.15, -0.1) is 0 Å². The number of rotatable bonds is 5. The molecule has 0 N–H and O–H groups in total. The highest BCUT2D eigenvalue weighted by molar-refractivity contribution is 5.09. The van der Waals surface area contributed by atoms with E-state index in [9.17, 15) is 0 Å². The van der Waals surface area contributed by atoms with Gasteiger partial charge in [0.25, 0.3) is 0 Å². The zero-order valence-corrected chi connectivity index (χ0v) is 12.4. The minimum absolute atomic E-state index is 0.640. The maximum Gasteiger partial charge on any atom is 0.223 e. The lowest BCUT2D eigenvalue weighted by molar-refractivity contribution is 0.125. The van der Waals surface area contributed by atoms with Crippen molar-refractivity contribution in [2.45, 2.75) is 19.9 Å². The summed E-state index contributed by atoms with van der Waals surface area (Å²) in [6.07, 6.45) is 4.81. The molecule has 1 aliphatic rings. The zero-order valence-electron chi connectivity index (χ0n) is 12.4. The van der Waals surface area contributed by atoms with E-state index in [1.165, 1.54) is 5.56 Å². The molecule has 0 radical (unpaired) electrons. The van der Waals surface area contributed by atoms with Crippen LogP contribution in [0.4, 0.5) is 0 Å². The van der Waals surface area contributed by atoms with Gasteiger partial charge >= 0.3 is 0 Å². The maximum atomic E-state index is 5.01. The lowest BCUT2D eigenvalue weighted by Gasteiger charge is -2.34. The number of pyridine rings is 1. The second-order valence-corrected chi connectivity index (χ2v) is 5.45. The minimum atomic E-state index is 0.640. The number of piperazine rings is 1. The van der Waals surface area contributed by atoms with Gasteiger partial charge in [-0.1, -0.05) is 5.16 Å². The fraction of sp³-hybridized carbons (Fsp3) is 0.533. The van der Waals surface area contributed by atoms with Crippen molar-refractivity contribution in [3.8, 4) is 0 Å². The zero-order chi connectivity index (χ0) is 14.5. The van der Waals surface area contributed by atoms with Crippen molar-refractivity contribution in [2.24, 2.45) is 0 Å². The second-order valence-electron chi connectivity index (χ2n) is 5.45. The van der Waals surface area contributed by atoms with Gasteiger partial charge in [0.1, 0.15) is 0 Å². The Bertz CT molecular complexity index is 548. The normalized spacial score (nSPS) is 17.2. The van der Waals surface area contributed by atoms with Crippen LogP contribution in [-0.4, -0.2) is 57.6 Å². The first kappa shape index (κ1) is 14.2. The molecule has 2 aromatic rings. The van der Waals surface area contributed by atoms with Crippen molar-refractivity contribution in [1.82, 2.24) is 24.9 Å². The molecule has 21 heavy (non-hydrogen) atoms. The molecule has 1 saturated heterocycles. The van der Waals surface area contributed by atoms with Crippen LogP contribution in [0.25, 0.3) is 0 Å². The summed E-state index contributed by atoms with van der Waals surface area (Å²) in [4.78, 5) is 13.2. The predicted molar refractivity (Wildman–Crippen MR) is 78.7 cm³/mol. The van der Waals surface area contributed by atoms with E-state index in [2.05, 4.69) is 37.1 Å². The summed E-state index contributed by atoms with van der Waals surface area (Å²) < 4.78 is 5.01. The molecular formula is C15H21N5O. The molecule has 2 aromatic heterocycles. The molecule has 3 heterocycles. The maximum absolute atomic E-state index is 5.01. The molecular weight excluding hydrogens is 266 g/mol. The van der Waals surface area contributed by atoms with Gasteiger partial charge in [0.2, 0.25) is 5.89 Å². The van der Waals surface area contributed by atoms with E-state index in [-0.39, 0.29) is 0 Å². The summed E-state index contributed by atoms with van der Waals surface area (Å²) >= 11 is 0. The predicted octanol–water partition coefficient (Wildman–Crippen LogP) is 1.13. The van der Waals surface area contributed by atoms with Crippen LogP contribution in [0.5, 0.6) is 0 Å². The Balaban J connectivity index is 1.40. The van der Waals surface area contributed by atoms with Gasteiger partial charge in [-0.3, -0.25) is 9.88 Å². The van der Waals surface area contributed by atoms with E-state index in [4.69, 9.17) is 4.52 Å². The number of aryl methyl sites for hydroxylation is 1. The number of nitrogens with zero attached hydrogens (tertiary/aromatic N) is 5. The summed E-state index contributed by atoms with van der Waals surface area (Å²) in [6, 6.07) is 4.18. The average molecular weight is 287 g/mol. The van der Waals surface area contributed by atoms with Crippen LogP contribution < -0.4 is 0 Å². The number of hydrogen-bond acceptors (Lipinski definition) is 6. The largest absolute Gasteiger partial charge is 0.340 e. The first-order chi connectivity index (χ1) is 10.3. The highest BCUT2D eigenvalue weighted by atomic mass is 16.5. The molecule has 1 aliphatic heterocycles. The Kier molecular flexibility index (Phi) is 4.57. The van der Waals surface area contributed by atoms with Crippen LogP contribution in [-0.2, 0) is 13.0 Å².